The molecule has 26 heavy (non-hydrogen) atoms. The predicted molar refractivity (Wildman–Crippen MR) is 96.0 cm³/mol. The Kier molecular flexibility index (Phi) is 4.04. The number of hydrogen-bond acceptors (Lipinski definition) is 4. The van der Waals surface area contributed by atoms with Crippen molar-refractivity contribution in [2.75, 3.05) is 12.4 Å². The minimum absolute atomic E-state index is 0.112. The molecule has 0 radical (unpaired) electrons. The van der Waals surface area contributed by atoms with Crippen LogP contribution < -0.4 is 15.4 Å². The third kappa shape index (κ3) is 2.88. The lowest BCUT2D eigenvalue weighted by atomic mass is 9.89. The summed E-state index contributed by atoms with van der Waals surface area (Å²) in [7, 11) is 1.57. The number of pyridine rings is 1. The monoisotopic (exact) mass is 350 g/mol. The molecule has 1 aliphatic heterocycles. The fourth-order valence-electron chi connectivity index (χ4n) is 3.23. The second-order valence-electron chi connectivity index (χ2n) is 6.18. The summed E-state index contributed by atoms with van der Waals surface area (Å²) in [6.07, 6.45) is 3.70. The number of rotatable bonds is 4. The van der Waals surface area contributed by atoms with E-state index in [2.05, 4.69) is 15.7 Å². The highest BCUT2D eigenvalue weighted by Gasteiger charge is 2.31. The van der Waals surface area contributed by atoms with E-state index in [0.29, 0.717) is 18.0 Å². The highest BCUT2D eigenvalue weighted by atomic mass is 16.5. The molecular formula is C19H18N4O3. The van der Waals surface area contributed by atoms with Gasteiger partial charge in [-0.15, -0.1) is 0 Å². The maximum absolute atomic E-state index is 12.8. The molecule has 1 aromatic carbocycles. The highest BCUT2D eigenvalue weighted by Crippen LogP contribution is 2.35. The van der Waals surface area contributed by atoms with Crippen molar-refractivity contribution in [1.29, 1.82) is 0 Å². The Morgan fingerprint density at radius 1 is 1.38 bits per heavy atom. The first kappa shape index (κ1) is 16.1. The van der Waals surface area contributed by atoms with Gasteiger partial charge in [0.15, 0.2) is 0 Å². The topological polar surface area (TPSA) is 84.7 Å². The van der Waals surface area contributed by atoms with Gasteiger partial charge in [0.1, 0.15) is 5.75 Å². The molecule has 3 aromatic rings. The summed E-state index contributed by atoms with van der Waals surface area (Å²) in [6.45, 7) is 0.351. The second-order valence-corrected chi connectivity index (χ2v) is 6.18. The van der Waals surface area contributed by atoms with Crippen molar-refractivity contribution in [2.45, 2.75) is 18.9 Å². The summed E-state index contributed by atoms with van der Waals surface area (Å²) in [5.41, 5.74) is 3.28. The first-order chi connectivity index (χ1) is 12.7. The van der Waals surface area contributed by atoms with E-state index in [1.165, 1.54) is 0 Å². The summed E-state index contributed by atoms with van der Waals surface area (Å²) < 4.78 is 7.01. The lowest BCUT2D eigenvalue weighted by Crippen LogP contribution is -2.34. The van der Waals surface area contributed by atoms with Crippen LogP contribution in [0.25, 0.3) is 5.52 Å². The van der Waals surface area contributed by atoms with Crippen LogP contribution in [0.5, 0.6) is 5.75 Å². The van der Waals surface area contributed by atoms with Gasteiger partial charge in [-0.25, -0.2) is 4.52 Å². The van der Waals surface area contributed by atoms with Crippen molar-refractivity contribution >= 4 is 23.0 Å². The Bertz CT molecular complexity index is 995. The first-order valence-corrected chi connectivity index (χ1v) is 8.32. The van der Waals surface area contributed by atoms with Gasteiger partial charge in [-0.2, -0.15) is 5.10 Å². The number of anilines is 1. The maximum Gasteiger partial charge on any atom is 0.228 e. The van der Waals surface area contributed by atoms with E-state index in [9.17, 15) is 9.59 Å². The maximum atomic E-state index is 12.8. The molecule has 0 unspecified atom stereocenters. The Labute approximate surface area is 150 Å². The molecule has 3 heterocycles. The van der Waals surface area contributed by atoms with Gasteiger partial charge in [-0.1, -0.05) is 6.07 Å². The molecule has 2 amide bonds. The van der Waals surface area contributed by atoms with Crippen LogP contribution in [-0.4, -0.2) is 28.5 Å². The number of benzene rings is 1. The highest BCUT2D eigenvalue weighted by molar-refractivity contribution is 6.01. The van der Waals surface area contributed by atoms with Gasteiger partial charge in [0.25, 0.3) is 0 Å². The van der Waals surface area contributed by atoms with Crippen LogP contribution in [0.3, 0.4) is 0 Å². The zero-order chi connectivity index (χ0) is 18.1. The third-order valence-electron chi connectivity index (χ3n) is 4.57. The van der Waals surface area contributed by atoms with Crippen LogP contribution in [0.15, 0.2) is 48.8 Å². The van der Waals surface area contributed by atoms with Crippen molar-refractivity contribution in [2.24, 2.45) is 0 Å². The fraction of sp³-hybridized carbons (Fsp3) is 0.211. The van der Waals surface area contributed by atoms with E-state index in [-0.39, 0.29) is 18.2 Å². The van der Waals surface area contributed by atoms with E-state index in [1.807, 2.05) is 24.4 Å². The summed E-state index contributed by atoms with van der Waals surface area (Å²) in [5.74, 6) is -0.251. The molecule has 0 saturated carbocycles. The Morgan fingerprint density at radius 3 is 3.12 bits per heavy atom. The van der Waals surface area contributed by atoms with E-state index < -0.39 is 5.92 Å². The Balaban J connectivity index is 1.56. The first-order valence-electron chi connectivity index (χ1n) is 8.32. The number of amides is 2. The van der Waals surface area contributed by atoms with Gasteiger partial charge in [0, 0.05) is 30.4 Å². The SMILES string of the molecule is COc1ccc2c(c1)[C@H](C(=O)NCc1cnn3ccccc13)CC(=O)N2. The molecule has 2 N–H and O–H groups in total. The summed E-state index contributed by atoms with van der Waals surface area (Å²) in [6, 6.07) is 11.1. The van der Waals surface area contributed by atoms with Crippen LogP contribution >= 0.6 is 0 Å². The average molecular weight is 350 g/mol. The second kappa shape index (κ2) is 6.51. The minimum Gasteiger partial charge on any atom is -0.497 e. The molecule has 0 saturated heterocycles. The molecule has 132 valence electrons. The molecular weight excluding hydrogens is 332 g/mol. The molecule has 4 rings (SSSR count). The van der Waals surface area contributed by atoms with E-state index in [1.54, 1.807) is 36.0 Å². The number of carbonyl (C=O) groups excluding carboxylic acids is 2. The normalized spacial score (nSPS) is 16.0. The van der Waals surface area contributed by atoms with Crippen molar-refractivity contribution in [3.05, 3.63) is 59.9 Å². The summed E-state index contributed by atoms with van der Waals surface area (Å²) >= 11 is 0. The number of methoxy groups -OCH3 is 1. The quantitative estimate of drug-likeness (QED) is 0.754. The third-order valence-corrected chi connectivity index (χ3v) is 4.57. The molecule has 1 aliphatic rings. The van der Waals surface area contributed by atoms with Crippen molar-refractivity contribution in [3.8, 4) is 5.75 Å². The van der Waals surface area contributed by atoms with Crippen molar-refractivity contribution < 1.29 is 14.3 Å². The summed E-state index contributed by atoms with van der Waals surface area (Å²) in [5, 5.41) is 10.00. The number of nitrogens with one attached hydrogen (secondary N) is 2. The molecule has 0 aliphatic carbocycles. The number of hydrogen-bond donors (Lipinski definition) is 2. The Hall–Kier alpha value is -3.35. The van der Waals surface area contributed by atoms with Crippen LogP contribution in [0, 0.1) is 0 Å². The van der Waals surface area contributed by atoms with Gasteiger partial charge < -0.3 is 15.4 Å². The number of nitrogens with zero attached hydrogens (tertiary/aromatic N) is 2. The summed E-state index contributed by atoms with van der Waals surface area (Å²) in [4.78, 5) is 24.7. The van der Waals surface area contributed by atoms with Crippen LogP contribution in [0.2, 0.25) is 0 Å². The molecule has 0 bridgehead atoms. The standard InChI is InChI=1S/C19H18N4O3/c1-26-13-5-6-16-14(8-13)15(9-18(24)22-16)19(25)20-10-12-11-21-23-7-3-2-4-17(12)23/h2-8,11,15H,9-10H2,1H3,(H,20,25)(H,22,24)/t15-/m1/s1. The molecule has 0 fully saturated rings. The lowest BCUT2D eigenvalue weighted by Gasteiger charge is -2.25. The molecule has 0 spiro atoms. The average Bonchev–Trinajstić information content (AvgIpc) is 3.08. The molecule has 7 nitrogen and oxygen atoms in total. The van der Waals surface area contributed by atoms with Gasteiger partial charge in [-0.3, -0.25) is 9.59 Å². The lowest BCUT2D eigenvalue weighted by molar-refractivity contribution is -0.126. The molecule has 2 aromatic heterocycles. The number of carbonyl (C=O) groups is 2. The van der Waals surface area contributed by atoms with Crippen LogP contribution in [0.1, 0.15) is 23.5 Å². The van der Waals surface area contributed by atoms with Crippen molar-refractivity contribution in [1.82, 2.24) is 14.9 Å². The molecule has 7 heteroatoms. The van der Waals surface area contributed by atoms with Gasteiger partial charge in [0.2, 0.25) is 11.8 Å². The van der Waals surface area contributed by atoms with E-state index in [4.69, 9.17) is 4.74 Å². The molecule has 1 atom stereocenters. The number of ether oxygens (including phenoxy) is 1. The largest absolute Gasteiger partial charge is 0.497 e. The van der Waals surface area contributed by atoms with E-state index in [0.717, 1.165) is 16.6 Å². The Morgan fingerprint density at radius 2 is 2.27 bits per heavy atom. The number of fused-ring (bicyclic) bond motifs is 2. The number of aromatic nitrogens is 2. The predicted octanol–water partition coefficient (Wildman–Crippen LogP) is 2.09. The van der Waals surface area contributed by atoms with Gasteiger partial charge >= 0.3 is 0 Å². The zero-order valence-corrected chi connectivity index (χ0v) is 14.2. The van der Waals surface area contributed by atoms with E-state index >= 15 is 0 Å². The fourth-order valence-corrected chi connectivity index (χ4v) is 3.23. The minimum atomic E-state index is -0.546. The van der Waals surface area contributed by atoms with Crippen LogP contribution in [0.4, 0.5) is 5.69 Å². The van der Waals surface area contributed by atoms with Crippen LogP contribution in [-0.2, 0) is 16.1 Å². The van der Waals surface area contributed by atoms with Crippen molar-refractivity contribution in [3.63, 3.8) is 0 Å². The van der Waals surface area contributed by atoms with Gasteiger partial charge in [-0.05, 0) is 35.9 Å². The zero-order valence-electron chi connectivity index (χ0n) is 14.2. The smallest absolute Gasteiger partial charge is 0.228 e. The van der Waals surface area contributed by atoms with Gasteiger partial charge in [0.05, 0.1) is 24.7 Å².